The summed E-state index contributed by atoms with van der Waals surface area (Å²) in [5.74, 6) is 0.497. The first kappa shape index (κ1) is 17.0. The van der Waals surface area contributed by atoms with Gasteiger partial charge in [0, 0.05) is 18.9 Å². The fraction of sp³-hybridized carbons (Fsp3) is 0.632. The molecule has 0 aliphatic carbocycles. The van der Waals surface area contributed by atoms with Crippen LogP contribution in [-0.4, -0.2) is 22.3 Å². The summed E-state index contributed by atoms with van der Waals surface area (Å²) in [5, 5.41) is 0. The molecule has 3 heteroatoms. The highest BCUT2D eigenvalue weighted by atomic mass is 16.5. The lowest BCUT2D eigenvalue weighted by Gasteiger charge is -2.26. The van der Waals surface area contributed by atoms with Gasteiger partial charge in [-0.15, -0.1) is 0 Å². The van der Waals surface area contributed by atoms with Gasteiger partial charge in [0.1, 0.15) is 0 Å². The smallest absolute Gasteiger partial charge is 0.0984 e. The Bertz CT molecular complexity index is 462. The fourth-order valence-electron chi connectivity index (χ4n) is 2.87. The van der Waals surface area contributed by atoms with Gasteiger partial charge in [-0.3, -0.25) is 0 Å². The number of aromatic nitrogens is 2. The van der Waals surface area contributed by atoms with Crippen LogP contribution in [0.15, 0.2) is 42.5 Å². The highest BCUT2D eigenvalue weighted by Gasteiger charge is 2.19. The molecule has 1 aliphatic rings. The first-order valence-electron chi connectivity index (χ1n) is 8.74. The summed E-state index contributed by atoms with van der Waals surface area (Å²) in [7, 11) is 0. The van der Waals surface area contributed by atoms with E-state index in [-0.39, 0.29) is 6.10 Å². The minimum absolute atomic E-state index is 0.134. The van der Waals surface area contributed by atoms with Gasteiger partial charge >= 0.3 is 0 Å². The van der Waals surface area contributed by atoms with Gasteiger partial charge in [0.2, 0.25) is 0 Å². The van der Waals surface area contributed by atoms with Crippen molar-refractivity contribution < 1.29 is 4.74 Å². The Morgan fingerprint density at radius 1 is 1.32 bits per heavy atom. The van der Waals surface area contributed by atoms with Gasteiger partial charge in [0.15, 0.2) is 0 Å². The molecule has 0 fully saturated rings. The summed E-state index contributed by atoms with van der Waals surface area (Å²) in [6, 6.07) is 0. The molecule has 122 valence electrons. The lowest BCUT2D eigenvalue weighted by Crippen LogP contribution is -2.25. The zero-order valence-electron chi connectivity index (χ0n) is 14.1. The molecule has 0 N–H and O–H groups in total. The second-order valence-electron chi connectivity index (χ2n) is 6.34. The zero-order chi connectivity index (χ0) is 15.6. The van der Waals surface area contributed by atoms with E-state index in [4.69, 9.17) is 4.74 Å². The SMILES string of the molecule is CCCCCCC/C=C/[C@@H]1OC[C@H](C)C=C1Cn1ccnc1. The molecule has 0 radical (unpaired) electrons. The Labute approximate surface area is 135 Å². The van der Waals surface area contributed by atoms with Crippen LogP contribution in [0.5, 0.6) is 0 Å². The van der Waals surface area contributed by atoms with Crippen molar-refractivity contribution in [1.82, 2.24) is 9.55 Å². The topological polar surface area (TPSA) is 27.1 Å². The van der Waals surface area contributed by atoms with Crippen molar-refractivity contribution in [2.75, 3.05) is 6.61 Å². The molecule has 3 nitrogen and oxygen atoms in total. The molecular formula is C19H30N2O. The highest BCUT2D eigenvalue weighted by molar-refractivity contribution is 5.19. The molecule has 1 aliphatic heterocycles. The molecule has 0 amide bonds. The highest BCUT2D eigenvalue weighted by Crippen LogP contribution is 2.21. The first-order chi connectivity index (χ1) is 10.8. The van der Waals surface area contributed by atoms with Gasteiger partial charge in [-0.05, 0) is 24.3 Å². The van der Waals surface area contributed by atoms with Crippen LogP contribution in [-0.2, 0) is 11.3 Å². The summed E-state index contributed by atoms with van der Waals surface area (Å²) >= 11 is 0. The van der Waals surface area contributed by atoms with Crippen LogP contribution in [0.4, 0.5) is 0 Å². The van der Waals surface area contributed by atoms with Crippen LogP contribution in [0.2, 0.25) is 0 Å². The first-order valence-corrected chi connectivity index (χ1v) is 8.74. The largest absolute Gasteiger partial charge is 0.369 e. The van der Waals surface area contributed by atoms with Gasteiger partial charge in [0.25, 0.3) is 0 Å². The molecule has 2 rings (SSSR count). The average molecular weight is 302 g/mol. The minimum Gasteiger partial charge on any atom is -0.369 e. The minimum atomic E-state index is 0.134. The standard InChI is InChI=1S/C19H30N2O/c1-3-4-5-6-7-8-9-10-19-18(13-17(2)15-22-19)14-21-12-11-20-16-21/h9-13,16-17,19H,3-8,14-15H2,1-2H3/b10-9+/t17-,19+/m1/s1. The second kappa shape index (κ2) is 9.62. The van der Waals surface area contributed by atoms with E-state index in [1.54, 1.807) is 0 Å². The quantitative estimate of drug-likeness (QED) is 0.486. The van der Waals surface area contributed by atoms with E-state index in [1.165, 1.54) is 37.7 Å². The number of rotatable bonds is 9. The molecule has 0 unspecified atom stereocenters. The number of hydrogen-bond acceptors (Lipinski definition) is 2. The lowest BCUT2D eigenvalue weighted by atomic mass is 9.99. The summed E-state index contributed by atoms with van der Waals surface area (Å²) in [4.78, 5) is 4.12. The predicted octanol–water partition coefficient (Wildman–Crippen LogP) is 4.76. The average Bonchev–Trinajstić information content (AvgIpc) is 3.01. The normalized spacial score (nSPS) is 22.2. The second-order valence-corrected chi connectivity index (χ2v) is 6.34. The van der Waals surface area contributed by atoms with E-state index in [0.717, 1.165) is 19.6 Å². The van der Waals surface area contributed by atoms with Crippen LogP contribution in [0.25, 0.3) is 0 Å². The molecule has 1 aromatic rings. The molecule has 2 heterocycles. The Morgan fingerprint density at radius 3 is 2.95 bits per heavy atom. The molecule has 1 aromatic heterocycles. The van der Waals surface area contributed by atoms with Crippen LogP contribution in [0, 0.1) is 5.92 Å². The predicted molar refractivity (Wildman–Crippen MR) is 91.7 cm³/mol. The monoisotopic (exact) mass is 302 g/mol. The van der Waals surface area contributed by atoms with Crippen molar-refractivity contribution >= 4 is 0 Å². The van der Waals surface area contributed by atoms with Gasteiger partial charge < -0.3 is 9.30 Å². The molecule has 22 heavy (non-hydrogen) atoms. The maximum Gasteiger partial charge on any atom is 0.0984 e. The van der Waals surface area contributed by atoms with Crippen molar-refractivity contribution in [2.45, 2.75) is 65.0 Å². The number of unbranched alkanes of at least 4 members (excludes halogenated alkanes) is 5. The van der Waals surface area contributed by atoms with Gasteiger partial charge in [0.05, 0.1) is 19.0 Å². The lowest BCUT2D eigenvalue weighted by molar-refractivity contribution is 0.0753. The van der Waals surface area contributed by atoms with Crippen molar-refractivity contribution in [2.24, 2.45) is 5.92 Å². The van der Waals surface area contributed by atoms with Gasteiger partial charge in [-0.1, -0.05) is 57.8 Å². The van der Waals surface area contributed by atoms with E-state index in [1.807, 2.05) is 18.7 Å². The van der Waals surface area contributed by atoms with Crippen LogP contribution >= 0.6 is 0 Å². The summed E-state index contributed by atoms with van der Waals surface area (Å²) < 4.78 is 8.12. The summed E-state index contributed by atoms with van der Waals surface area (Å²) in [5.41, 5.74) is 1.35. The Hall–Kier alpha value is -1.35. The third-order valence-corrected chi connectivity index (χ3v) is 4.11. The van der Waals surface area contributed by atoms with Crippen LogP contribution < -0.4 is 0 Å². The van der Waals surface area contributed by atoms with E-state index < -0.39 is 0 Å². The van der Waals surface area contributed by atoms with E-state index in [2.05, 4.69) is 41.6 Å². The maximum absolute atomic E-state index is 6.01. The molecule has 0 spiro atoms. The number of hydrogen-bond donors (Lipinski definition) is 0. The van der Waals surface area contributed by atoms with Gasteiger partial charge in [-0.25, -0.2) is 4.98 Å². The van der Waals surface area contributed by atoms with Crippen LogP contribution in [0.1, 0.15) is 52.4 Å². The zero-order valence-corrected chi connectivity index (χ0v) is 14.1. The molecule has 0 saturated carbocycles. The Kier molecular flexibility index (Phi) is 7.44. The Morgan fingerprint density at radius 2 is 2.18 bits per heavy atom. The number of nitrogens with zero attached hydrogens (tertiary/aromatic N) is 2. The van der Waals surface area contributed by atoms with Gasteiger partial charge in [-0.2, -0.15) is 0 Å². The van der Waals surface area contributed by atoms with E-state index in [0.29, 0.717) is 5.92 Å². The van der Waals surface area contributed by atoms with Crippen molar-refractivity contribution in [3.63, 3.8) is 0 Å². The molecular weight excluding hydrogens is 272 g/mol. The van der Waals surface area contributed by atoms with E-state index >= 15 is 0 Å². The van der Waals surface area contributed by atoms with Crippen molar-refractivity contribution in [3.8, 4) is 0 Å². The molecule has 0 aromatic carbocycles. The van der Waals surface area contributed by atoms with E-state index in [9.17, 15) is 0 Å². The fourth-order valence-corrected chi connectivity index (χ4v) is 2.87. The molecule has 0 saturated heterocycles. The number of imidazole rings is 1. The van der Waals surface area contributed by atoms with Crippen LogP contribution in [0.3, 0.4) is 0 Å². The number of allylic oxidation sites excluding steroid dienone is 1. The number of ether oxygens (including phenoxy) is 1. The summed E-state index contributed by atoms with van der Waals surface area (Å²) in [6.45, 7) is 6.16. The maximum atomic E-state index is 6.01. The third-order valence-electron chi connectivity index (χ3n) is 4.11. The van der Waals surface area contributed by atoms with Crippen molar-refractivity contribution in [1.29, 1.82) is 0 Å². The molecule has 2 atom stereocenters. The summed E-state index contributed by atoms with van der Waals surface area (Å²) in [6.07, 6.45) is 20.6. The Balaban J connectivity index is 1.81. The molecule has 0 bridgehead atoms. The third kappa shape index (κ3) is 5.80. The van der Waals surface area contributed by atoms with Crippen molar-refractivity contribution in [3.05, 3.63) is 42.5 Å².